The van der Waals surface area contributed by atoms with Gasteiger partial charge in [-0.1, -0.05) is 67.4 Å². The number of aliphatic carboxylic acids is 1. The Morgan fingerprint density at radius 2 is 1.26 bits per heavy atom. The van der Waals surface area contributed by atoms with E-state index in [1.54, 1.807) is 13.8 Å². The topological polar surface area (TPSA) is 170 Å². The van der Waals surface area contributed by atoms with E-state index in [-0.39, 0.29) is 55.2 Å². The molecule has 0 bridgehead atoms. The van der Waals surface area contributed by atoms with Crippen molar-refractivity contribution in [1.29, 1.82) is 0 Å². The van der Waals surface area contributed by atoms with Crippen LogP contribution >= 0.6 is 0 Å². The van der Waals surface area contributed by atoms with Crippen molar-refractivity contribution in [1.82, 2.24) is 0 Å². The number of benzene rings is 1. The van der Waals surface area contributed by atoms with Gasteiger partial charge in [-0.15, -0.1) is 0 Å². The van der Waals surface area contributed by atoms with Gasteiger partial charge in [0.05, 0.1) is 19.8 Å². The Morgan fingerprint density at radius 3 is 1.74 bits per heavy atom. The molecule has 0 saturated carbocycles. The third-order valence-electron chi connectivity index (χ3n) is 7.07. The van der Waals surface area contributed by atoms with Crippen LogP contribution in [0, 0.1) is 23.7 Å². The van der Waals surface area contributed by atoms with Crippen molar-refractivity contribution in [3.63, 3.8) is 0 Å². The van der Waals surface area contributed by atoms with Crippen molar-refractivity contribution in [3.8, 4) is 11.5 Å². The van der Waals surface area contributed by atoms with Gasteiger partial charge in [0.15, 0.2) is 11.5 Å². The van der Waals surface area contributed by atoms with E-state index < -0.39 is 42.3 Å². The van der Waals surface area contributed by atoms with Crippen LogP contribution in [0.15, 0.2) is 18.2 Å². The molecule has 12 heteroatoms. The third-order valence-corrected chi connectivity index (χ3v) is 7.07. The molecule has 0 amide bonds. The van der Waals surface area contributed by atoms with Gasteiger partial charge in [0.1, 0.15) is 12.1 Å². The number of ether oxygens (including phenoxy) is 6. The maximum absolute atomic E-state index is 12.5. The highest BCUT2D eigenvalue weighted by Gasteiger charge is 2.33. The van der Waals surface area contributed by atoms with Crippen LogP contribution < -0.4 is 15.2 Å². The first-order chi connectivity index (χ1) is 19.7. The quantitative estimate of drug-likeness (QED) is 0.127. The van der Waals surface area contributed by atoms with Crippen LogP contribution in [0.1, 0.15) is 79.7 Å². The molecule has 3 N–H and O–H groups in total. The number of carboxylic acids is 1. The second-order valence-corrected chi connectivity index (χ2v) is 11.1. The summed E-state index contributed by atoms with van der Waals surface area (Å²) in [4.78, 5) is 48.9. The van der Waals surface area contributed by atoms with Crippen molar-refractivity contribution >= 4 is 24.4 Å². The van der Waals surface area contributed by atoms with Crippen LogP contribution in [0.4, 0.5) is 14.4 Å². The molecule has 0 fully saturated rings. The normalized spacial score (nSPS) is 15.4. The number of hydrogen-bond donors (Lipinski definition) is 2. The van der Waals surface area contributed by atoms with E-state index in [2.05, 4.69) is 0 Å². The van der Waals surface area contributed by atoms with Gasteiger partial charge in [0, 0.05) is 5.92 Å². The zero-order valence-corrected chi connectivity index (χ0v) is 25.9. The second-order valence-electron chi connectivity index (χ2n) is 11.1. The predicted molar refractivity (Wildman–Crippen MR) is 154 cm³/mol. The highest BCUT2D eigenvalue weighted by Crippen LogP contribution is 2.36. The Labute approximate surface area is 248 Å². The van der Waals surface area contributed by atoms with Crippen molar-refractivity contribution in [2.24, 2.45) is 29.4 Å². The highest BCUT2D eigenvalue weighted by molar-refractivity contribution is 5.75. The minimum Gasteiger partial charge on any atom is -0.480 e. The van der Waals surface area contributed by atoms with Gasteiger partial charge in [-0.25, -0.2) is 14.4 Å². The molecule has 0 aliphatic heterocycles. The predicted octanol–water partition coefficient (Wildman–Crippen LogP) is 6.14. The summed E-state index contributed by atoms with van der Waals surface area (Å²) in [5, 5.41) is 9.73. The minimum absolute atomic E-state index is 0.0755. The van der Waals surface area contributed by atoms with E-state index in [4.69, 9.17) is 34.2 Å². The smallest absolute Gasteiger partial charge is 0.480 e. The van der Waals surface area contributed by atoms with Crippen LogP contribution in [0.3, 0.4) is 0 Å². The maximum Gasteiger partial charge on any atom is 0.513 e. The fourth-order valence-corrected chi connectivity index (χ4v) is 3.46. The zero-order chi connectivity index (χ0) is 32.0. The van der Waals surface area contributed by atoms with E-state index in [1.165, 1.54) is 18.2 Å². The second kappa shape index (κ2) is 18.1. The lowest BCUT2D eigenvalue weighted by Crippen LogP contribution is -2.40. The van der Waals surface area contributed by atoms with Gasteiger partial charge in [0.2, 0.25) is 0 Å². The van der Waals surface area contributed by atoms with Gasteiger partial charge >= 0.3 is 24.4 Å². The van der Waals surface area contributed by atoms with Crippen LogP contribution in [-0.2, 0) is 23.7 Å². The largest absolute Gasteiger partial charge is 0.513 e. The molecule has 0 heterocycles. The maximum atomic E-state index is 12.5. The van der Waals surface area contributed by atoms with Crippen LogP contribution in [-0.4, -0.2) is 61.5 Å². The fraction of sp³-hybridized carbons (Fsp3) is 0.667. The first kappa shape index (κ1) is 36.5. The van der Waals surface area contributed by atoms with Gasteiger partial charge in [-0.05, 0) is 48.3 Å². The molecule has 1 rings (SSSR count). The van der Waals surface area contributed by atoms with E-state index in [9.17, 15) is 24.3 Å². The van der Waals surface area contributed by atoms with Crippen molar-refractivity contribution in [2.75, 3.05) is 19.8 Å². The molecule has 238 valence electrons. The molecule has 6 atom stereocenters. The average Bonchev–Trinajstić information content (AvgIpc) is 2.94. The number of carboxylic acid groups (broad SMARTS) is 1. The van der Waals surface area contributed by atoms with Gasteiger partial charge < -0.3 is 39.3 Å². The van der Waals surface area contributed by atoms with Gasteiger partial charge in [-0.2, -0.15) is 0 Å². The molecule has 42 heavy (non-hydrogen) atoms. The number of hydrogen-bond acceptors (Lipinski definition) is 11. The average molecular weight is 598 g/mol. The lowest BCUT2D eigenvalue weighted by molar-refractivity contribution is -0.139. The van der Waals surface area contributed by atoms with E-state index in [0.717, 1.165) is 12.8 Å². The number of nitrogens with two attached hydrogens (primary N) is 1. The molecule has 0 spiro atoms. The molecule has 0 aromatic heterocycles. The first-order valence-corrected chi connectivity index (χ1v) is 14.3. The van der Waals surface area contributed by atoms with Crippen LogP contribution in [0.5, 0.6) is 11.5 Å². The molecule has 1 aromatic carbocycles. The summed E-state index contributed by atoms with van der Waals surface area (Å²) >= 11 is 0. The van der Waals surface area contributed by atoms with Crippen LogP contribution in [0.2, 0.25) is 0 Å². The molecule has 5 unspecified atom stereocenters. The van der Waals surface area contributed by atoms with Crippen molar-refractivity contribution < 1.29 is 52.7 Å². The first-order valence-electron chi connectivity index (χ1n) is 14.3. The molecule has 12 nitrogen and oxygen atoms in total. The molecule has 1 aromatic rings. The van der Waals surface area contributed by atoms with Gasteiger partial charge in [0.25, 0.3) is 0 Å². The lowest BCUT2D eigenvalue weighted by Gasteiger charge is -2.28. The standard InChI is InChI=1S/C30H47NO11/c1-9-18(5)14-37-29(35)41-23-12-11-22(13-24(23)42-30(36)38-15-19(6)10-2)25(26(31)27(32)33)20(7)16-39-28(34)40-21(8)17(3)4/h11-13,17-21,25-26H,9-10,14-16,31H2,1-8H3,(H,32,33)/t18?,19?,20?,21?,25?,26-/m0/s1. The Balaban J connectivity index is 3.30. The number of carbonyl (C=O) groups excluding carboxylic acids is 3. The van der Waals surface area contributed by atoms with Crippen molar-refractivity contribution in [3.05, 3.63) is 23.8 Å². The Hall–Kier alpha value is -3.54. The Kier molecular flexibility index (Phi) is 15.7. The summed E-state index contributed by atoms with van der Waals surface area (Å²) < 4.78 is 31.5. The Bertz CT molecular complexity index is 1030. The van der Waals surface area contributed by atoms with Crippen molar-refractivity contribution in [2.45, 2.75) is 86.3 Å². The zero-order valence-electron chi connectivity index (χ0n) is 25.9. The lowest BCUT2D eigenvalue weighted by atomic mass is 9.82. The molecular formula is C30H47NO11. The van der Waals surface area contributed by atoms with Crippen LogP contribution in [0.25, 0.3) is 0 Å². The summed E-state index contributed by atoms with van der Waals surface area (Å²) in [5.41, 5.74) is 6.39. The van der Waals surface area contributed by atoms with E-state index in [1.807, 2.05) is 41.5 Å². The SMILES string of the molecule is CCC(C)COC(=O)Oc1ccc(C(C(C)COC(=O)OC(C)C(C)C)[C@H](N)C(=O)O)cc1OC(=O)OCC(C)CC. The van der Waals surface area contributed by atoms with Gasteiger partial charge in [-0.3, -0.25) is 4.79 Å². The molecular weight excluding hydrogens is 550 g/mol. The number of rotatable bonds is 16. The third kappa shape index (κ3) is 12.5. The summed E-state index contributed by atoms with van der Waals surface area (Å²) in [5.74, 6) is -2.91. The Morgan fingerprint density at radius 1 is 0.762 bits per heavy atom. The monoisotopic (exact) mass is 597 g/mol. The molecule has 0 radical (unpaired) electrons. The molecule has 0 aliphatic rings. The molecule has 0 saturated heterocycles. The number of carbonyl (C=O) groups is 4. The van der Waals surface area contributed by atoms with E-state index >= 15 is 0 Å². The fourth-order valence-electron chi connectivity index (χ4n) is 3.46. The summed E-state index contributed by atoms with van der Waals surface area (Å²) in [7, 11) is 0. The van der Waals surface area contributed by atoms with E-state index in [0.29, 0.717) is 5.56 Å². The highest BCUT2D eigenvalue weighted by atomic mass is 16.7. The summed E-state index contributed by atoms with van der Waals surface area (Å²) in [6, 6.07) is 2.74. The summed E-state index contributed by atoms with van der Waals surface area (Å²) in [6.07, 6.45) is -1.75. The molecule has 0 aliphatic carbocycles. The summed E-state index contributed by atoms with van der Waals surface area (Å²) in [6.45, 7) is 14.9. The minimum atomic E-state index is -1.42.